The second-order valence-electron chi connectivity index (χ2n) is 5.47. The first-order chi connectivity index (χ1) is 11.7. The highest BCUT2D eigenvalue weighted by molar-refractivity contribution is 7.13. The Labute approximate surface area is 144 Å². The van der Waals surface area contributed by atoms with Gasteiger partial charge in [0, 0.05) is 13.2 Å². The maximum absolute atomic E-state index is 12.7. The maximum Gasteiger partial charge on any atom is 0.270 e. The van der Waals surface area contributed by atoms with Gasteiger partial charge in [-0.3, -0.25) is 4.79 Å². The van der Waals surface area contributed by atoms with E-state index >= 15 is 0 Å². The summed E-state index contributed by atoms with van der Waals surface area (Å²) in [6.07, 6.45) is 0. The predicted octanol–water partition coefficient (Wildman–Crippen LogP) is 3.37. The second kappa shape index (κ2) is 7.42. The summed E-state index contributed by atoms with van der Waals surface area (Å²) in [6.45, 7) is 2.37. The molecule has 0 saturated carbocycles. The monoisotopic (exact) mass is 341 g/mol. The topological polar surface area (TPSA) is 56.1 Å². The van der Waals surface area contributed by atoms with Gasteiger partial charge in [-0.05, 0) is 36.6 Å². The lowest BCUT2D eigenvalue weighted by molar-refractivity contribution is 0.0898. The highest BCUT2D eigenvalue weighted by atomic mass is 32.1. The van der Waals surface area contributed by atoms with Gasteiger partial charge < -0.3 is 10.1 Å². The van der Waals surface area contributed by atoms with Crippen LogP contribution < -0.4 is 5.32 Å². The van der Waals surface area contributed by atoms with Gasteiger partial charge in [0.25, 0.3) is 5.91 Å². The summed E-state index contributed by atoms with van der Waals surface area (Å²) in [5.41, 5.74) is 2.15. The van der Waals surface area contributed by atoms with Crippen LogP contribution >= 0.6 is 11.3 Å². The third kappa shape index (κ3) is 3.55. The van der Waals surface area contributed by atoms with Crippen LogP contribution in [0.5, 0.6) is 0 Å². The average molecular weight is 341 g/mol. The van der Waals surface area contributed by atoms with Crippen LogP contribution in [0.2, 0.25) is 0 Å². The molecule has 0 fully saturated rings. The lowest BCUT2D eigenvalue weighted by atomic mass is 10.2. The van der Waals surface area contributed by atoms with E-state index in [-0.39, 0.29) is 11.9 Å². The number of rotatable bonds is 6. The standard InChI is InChI=1S/C18H19N3O2S/c1-13(12-23-2)19-18(22)16-11-15(17-9-6-10-24-17)20-21(16)14-7-4-3-5-8-14/h3-11,13H,12H2,1-2H3,(H,19,22)/t13-/m0/s1. The fourth-order valence-electron chi connectivity index (χ4n) is 2.44. The molecule has 0 aliphatic rings. The Bertz CT molecular complexity index is 797. The molecule has 0 aliphatic carbocycles. The van der Waals surface area contributed by atoms with Crippen LogP contribution in [0.25, 0.3) is 16.3 Å². The van der Waals surface area contributed by atoms with Gasteiger partial charge >= 0.3 is 0 Å². The lowest BCUT2D eigenvalue weighted by Gasteiger charge is -2.13. The number of amides is 1. The fourth-order valence-corrected chi connectivity index (χ4v) is 3.12. The Morgan fingerprint density at radius 1 is 1.29 bits per heavy atom. The average Bonchev–Trinajstić information content (AvgIpc) is 3.25. The SMILES string of the molecule is COC[C@H](C)NC(=O)c1cc(-c2cccs2)nn1-c1ccccc1. The van der Waals surface area contributed by atoms with Crippen molar-refractivity contribution in [3.8, 4) is 16.3 Å². The molecular formula is C18H19N3O2S. The molecule has 6 heteroatoms. The van der Waals surface area contributed by atoms with Crippen molar-refractivity contribution in [3.05, 3.63) is 59.6 Å². The quantitative estimate of drug-likeness (QED) is 0.748. The van der Waals surface area contributed by atoms with E-state index in [4.69, 9.17) is 4.74 Å². The number of aromatic nitrogens is 2. The third-order valence-corrected chi connectivity index (χ3v) is 4.40. The Hall–Kier alpha value is -2.44. The Morgan fingerprint density at radius 3 is 2.75 bits per heavy atom. The normalized spacial score (nSPS) is 12.1. The van der Waals surface area contributed by atoms with E-state index in [0.29, 0.717) is 12.3 Å². The molecule has 24 heavy (non-hydrogen) atoms. The van der Waals surface area contributed by atoms with Crippen molar-refractivity contribution in [1.29, 1.82) is 0 Å². The fraction of sp³-hybridized carbons (Fsp3) is 0.222. The smallest absolute Gasteiger partial charge is 0.270 e. The van der Waals surface area contributed by atoms with Crippen molar-refractivity contribution < 1.29 is 9.53 Å². The van der Waals surface area contributed by atoms with E-state index in [0.717, 1.165) is 16.3 Å². The molecule has 2 aromatic heterocycles. The van der Waals surface area contributed by atoms with Crippen molar-refractivity contribution in [2.24, 2.45) is 0 Å². The van der Waals surface area contributed by atoms with Gasteiger partial charge in [-0.25, -0.2) is 4.68 Å². The zero-order chi connectivity index (χ0) is 16.9. The van der Waals surface area contributed by atoms with Crippen LogP contribution in [0.3, 0.4) is 0 Å². The number of hydrogen-bond acceptors (Lipinski definition) is 4. The molecule has 2 heterocycles. The molecule has 1 N–H and O–H groups in total. The molecule has 124 valence electrons. The van der Waals surface area contributed by atoms with E-state index in [1.807, 2.05) is 60.8 Å². The van der Waals surface area contributed by atoms with E-state index in [9.17, 15) is 4.79 Å². The van der Waals surface area contributed by atoms with Crippen LogP contribution in [0.4, 0.5) is 0 Å². The zero-order valence-electron chi connectivity index (χ0n) is 13.6. The Morgan fingerprint density at radius 2 is 2.08 bits per heavy atom. The molecule has 3 rings (SSSR count). The number of thiophene rings is 1. The van der Waals surface area contributed by atoms with E-state index in [1.165, 1.54) is 0 Å². The number of carbonyl (C=O) groups excluding carboxylic acids is 1. The van der Waals surface area contributed by atoms with Crippen molar-refractivity contribution in [3.63, 3.8) is 0 Å². The summed E-state index contributed by atoms with van der Waals surface area (Å²) in [5.74, 6) is -0.168. The maximum atomic E-state index is 12.7. The molecule has 0 bridgehead atoms. The summed E-state index contributed by atoms with van der Waals surface area (Å²) in [5, 5.41) is 9.57. The van der Waals surface area contributed by atoms with E-state index in [2.05, 4.69) is 10.4 Å². The van der Waals surface area contributed by atoms with Crippen LogP contribution in [0, 0.1) is 0 Å². The first kappa shape index (κ1) is 16.4. The van der Waals surface area contributed by atoms with Gasteiger partial charge in [-0.1, -0.05) is 24.3 Å². The number of carbonyl (C=O) groups is 1. The number of hydrogen-bond donors (Lipinski definition) is 1. The molecule has 1 atom stereocenters. The zero-order valence-corrected chi connectivity index (χ0v) is 14.4. The molecule has 0 aliphatic heterocycles. The van der Waals surface area contributed by atoms with E-state index < -0.39 is 0 Å². The Kier molecular flexibility index (Phi) is 5.08. The number of para-hydroxylation sites is 1. The summed E-state index contributed by atoms with van der Waals surface area (Å²) in [4.78, 5) is 13.7. The van der Waals surface area contributed by atoms with Crippen LogP contribution in [-0.4, -0.2) is 35.4 Å². The summed E-state index contributed by atoms with van der Waals surface area (Å²) >= 11 is 1.60. The van der Waals surface area contributed by atoms with Gasteiger partial charge in [0.15, 0.2) is 0 Å². The molecule has 1 amide bonds. The predicted molar refractivity (Wildman–Crippen MR) is 95.7 cm³/mol. The second-order valence-corrected chi connectivity index (χ2v) is 6.42. The minimum absolute atomic E-state index is 0.0770. The Balaban J connectivity index is 1.98. The molecule has 0 saturated heterocycles. The molecule has 3 aromatic rings. The highest BCUT2D eigenvalue weighted by Gasteiger charge is 2.19. The minimum atomic E-state index is -0.168. The first-order valence-corrected chi connectivity index (χ1v) is 8.56. The summed E-state index contributed by atoms with van der Waals surface area (Å²) < 4.78 is 6.77. The van der Waals surface area contributed by atoms with Crippen LogP contribution in [-0.2, 0) is 4.74 Å². The number of nitrogens with one attached hydrogen (secondary N) is 1. The molecule has 0 spiro atoms. The molecule has 1 aromatic carbocycles. The van der Waals surface area contributed by atoms with Crippen LogP contribution in [0.15, 0.2) is 53.9 Å². The molecular weight excluding hydrogens is 322 g/mol. The van der Waals surface area contributed by atoms with Crippen molar-refractivity contribution >= 4 is 17.2 Å². The number of ether oxygens (including phenoxy) is 1. The molecule has 0 radical (unpaired) electrons. The van der Waals surface area contributed by atoms with Crippen molar-refractivity contribution in [2.45, 2.75) is 13.0 Å². The van der Waals surface area contributed by atoms with Crippen molar-refractivity contribution in [2.75, 3.05) is 13.7 Å². The number of methoxy groups -OCH3 is 1. The highest BCUT2D eigenvalue weighted by Crippen LogP contribution is 2.25. The first-order valence-electron chi connectivity index (χ1n) is 7.68. The third-order valence-electron chi connectivity index (χ3n) is 3.51. The number of benzene rings is 1. The lowest BCUT2D eigenvalue weighted by Crippen LogP contribution is -2.36. The van der Waals surface area contributed by atoms with Gasteiger partial charge in [-0.15, -0.1) is 11.3 Å². The largest absolute Gasteiger partial charge is 0.383 e. The minimum Gasteiger partial charge on any atom is -0.383 e. The van der Waals surface area contributed by atoms with Crippen molar-refractivity contribution in [1.82, 2.24) is 15.1 Å². The molecule has 5 nitrogen and oxygen atoms in total. The van der Waals surface area contributed by atoms with Gasteiger partial charge in [0.05, 0.1) is 17.2 Å². The summed E-state index contributed by atoms with van der Waals surface area (Å²) in [7, 11) is 1.62. The molecule has 0 unspecified atom stereocenters. The van der Waals surface area contributed by atoms with Gasteiger partial charge in [-0.2, -0.15) is 5.10 Å². The van der Waals surface area contributed by atoms with E-state index in [1.54, 1.807) is 23.1 Å². The van der Waals surface area contributed by atoms with Gasteiger partial charge in [0.2, 0.25) is 0 Å². The van der Waals surface area contributed by atoms with Crippen LogP contribution in [0.1, 0.15) is 17.4 Å². The van der Waals surface area contributed by atoms with Gasteiger partial charge in [0.1, 0.15) is 11.4 Å². The number of nitrogens with zero attached hydrogens (tertiary/aromatic N) is 2. The summed E-state index contributed by atoms with van der Waals surface area (Å²) in [6, 6.07) is 15.4.